The van der Waals surface area contributed by atoms with Crippen molar-refractivity contribution in [2.24, 2.45) is 0 Å². The van der Waals surface area contributed by atoms with Crippen molar-refractivity contribution in [2.45, 2.75) is 0 Å². The molecule has 7 heteroatoms. The van der Waals surface area contributed by atoms with Crippen LogP contribution in [0.1, 0.15) is 0 Å². The maximum absolute atomic E-state index is 11.6. The average molecular weight is 276 g/mol. The van der Waals surface area contributed by atoms with E-state index in [2.05, 4.69) is 5.32 Å². The van der Waals surface area contributed by atoms with Gasteiger partial charge in [0.25, 0.3) is 0 Å². The van der Waals surface area contributed by atoms with Gasteiger partial charge in [-0.3, -0.25) is 0 Å². The highest BCUT2D eigenvalue weighted by Gasteiger charge is 2.16. The summed E-state index contributed by atoms with van der Waals surface area (Å²) >= 11 is 0. The Morgan fingerprint density at radius 3 is 2.21 bits per heavy atom. The van der Waals surface area contributed by atoms with Crippen molar-refractivity contribution in [3.8, 4) is 0 Å². The molecule has 0 bridgehead atoms. The molecule has 1 fully saturated rings. The fourth-order valence-electron chi connectivity index (χ4n) is 1.59. The molecular weight excluding hydrogens is 252 g/mol. The summed E-state index contributed by atoms with van der Waals surface area (Å²) in [5.41, 5.74) is 0. The van der Waals surface area contributed by atoms with Crippen molar-refractivity contribution in [3.63, 3.8) is 0 Å². The zero-order chi connectivity index (χ0) is 13.8. The van der Waals surface area contributed by atoms with Gasteiger partial charge >= 0.3 is 6.09 Å². The Morgan fingerprint density at radius 1 is 1.00 bits per heavy atom. The van der Waals surface area contributed by atoms with Gasteiger partial charge in [-0.1, -0.05) is 0 Å². The third-order valence-corrected chi connectivity index (χ3v) is 2.63. The molecule has 1 amide bonds. The van der Waals surface area contributed by atoms with Gasteiger partial charge < -0.3 is 29.2 Å². The number of carbonyl (C=O) groups excluding carboxylic acids is 1. The Bertz CT molecular complexity index is 234. The van der Waals surface area contributed by atoms with Crippen molar-refractivity contribution < 1.29 is 23.7 Å². The van der Waals surface area contributed by atoms with Gasteiger partial charge in [0.05, 0.1) is 33.0 Å². The summed E-state index contributed by atoms with van der Waals surface area (Å²) in [5.74, 6) is 0. The van der Waals surface area contributed by atoms with E-state index in [1.807, 2.05) is 0 Å². The largest absolute Gasteiger partial charge is 0.447 e. The second-order valence-electron chi connectivity index (χ2n) is 4.07. The SMILES string of the molecule is COCCOCCOCCOC(=O)N1CCNCC1. The van der Waals surface area contributed by atoms with E-state index in [0.29, 0.717) is 46.1 Å². The van der Waals surface area contributed by atoms with Crippen molar-refractivity contribution in [2.75, 3.05) is 72.9 Å². The smallest absolute Gasteiger partial charge is 0.409 e. The number of hydrogen-bond donors (Lipinski definition) is 1. The molecule has 1 aliphatic heterocycles. The molecule has 19 heavy (non-hydrogen) atoms. The van der Waals surface area contributed by atoms with Gasteiger partial charge in [-0.05, 0) is 0 Å². The topological polar surface area (TPSA) is 69.3 Å². The van der Waals surface area contributed by atoms with E-state index in [1.54, 1.807) is 12.0 Å². The van der Waals surface area contributed by atoms with Crippen LogP contribution in [0.3, 0.4) is 0 Å². The van der Waals surface area contributed by atoms with Gasteiger partial charge in [-0.15, -0.1) is 0 Å². The van der Waals surface area contributed by atoms with Crippen molar-refractivity contribution in [1.29, 1.82) is 0 Å². The maximum atomic E-state index is 11.6. The molecule has 0 saturated carbocycles. The highest BCUT2D eigenvalue weighted by atomic mass is 16.6. The number of carbonyl (C=O) groups is 1. The fourth-order valence-corrected chi connectivity index (χ4v) is 1.59. The molecule has 0 atom stereocenters. The molecule has 0 unspecified atom stereocenters. The van der Waals surface area contributed by atoms with Gasteiger partial charge in [-0.25, -0.2) is 4.79 Å². The fraction of sp³-hybridized carbons (Fsp3) is 0.917. The van der Waals surface area contributed by atoms with Gasteiger partial charge in [0.15, 0.2) is 0 Å². The van der Waals surface area contributed by atoms with E-state index in [0.717, 1.165) is 13.1 Å². The van der Waals surface area contributed by atoms with Crippen LogP contribution < -0.4 is 5.32 Å². The summed E-state index contributed by atoms with van der Waals surface area (Å²) in [6.45, 7) is 5.89. The molecule has 7 nitrogen and oxygen atoms in total. The lowest BCUT2D eigenvalue weighted by molar-refractivity contribution is 0.00914. The molecule has 1 saturated heterocycles. The van der Waals surface area contributed by atoms with Crippen molar-refractivity contribution >= 4 is 6.09 Å². The standard InChI is InChI=1S/C12H24N2O5/c1-16-6-7-17-8-9-18-10-11-19-12(15)14-4-2-13-3-5-14/h13H,2-11H2,1H3. The minimum Gasteiger partial charge on any atom is -0.447 e. The normalized spacial score (nSPS) is 15.5. The molecule has 1 aliphatic rings. The second-order valence-corrected chi connectivity index (χ2v) is 4.07. The van der Waals surface area contributed by atoms with Crippen LogP contribution in [-0.4, -0.2) is 83.9 Å². The van der Waals surface area contributed by atoms with Crippen LogP contribution in [0.4, 0.5) is 4.79 Å². The molecule has 0 aromatic heterocycles. The number of hydrogen-bond acceptors (Lipinski definition) is 6. The minimum atomic E-state index is -0.263. The lowest BCUT2D eigenvalue weighted by Gasteiger charge is -2.26. The summed E-state index contributed by atoms with van der Waals surface area (Å²) in [5, 5.41) is 3.18. The Kier molecular flexibility index (Phi) is 9.34. The van der Waals surface area contributed by atoms with Crippen LogP contribution in [0.5, 0.6) is 0 Å². The van der Waals surface area contributed by atoms with E-state index in [-0.39, 0.29) is 12.7 Å². The molecule has 0 aromatic rings. The Labute approximate surface area is 114 Å². The predicted molar refractivity (Wildman–Crippen MR) is 69.3 cm³/mol. The van der Waals surface area contributed by atoms with Crippen LogP contribution in [0.25, 0.3) is 0 Å². The molecular formula is C12H24N2O5. The number of nitrogens with zero attached hydrogens (tertiary/aromatic N) is 1. The Morgan fingerprint density at radius 2 is 1.58 bits per heavy atom. The zero-order valence-electron chi connectivity index (χ0n) is 11.6. The van der Waals surface area contributed by atoms with Crippen LogP contribution in [0, 0.1) is 0 Å². The summed E-state index contributed by atoms with van der Waals surface area (Å²) in [6, 6.07) is 0. The number of amides is 1. The highest BCUT2D eigenvalue weighted by Crippen LogP contribution is 1.96. The van der Waals surface area contributed by atoms with Gasteiger partial charge in [0, 0.05) is 33.3 Å². The lowest BCUT2D eigenvalue weighted by Crippen LogP contribution is -2.46. The molecule has 1 rings (SSSR count). The third kappa shape index (κ3) is 7.99. The average Bonchev–Trinajstić information content (AvgIpc) is 2.46. The Hall–Kier alpha value is -0.890. The van der Waals surface area contributed by atoms with E-state index < -0.39 is 0 Å². The monoisotopic (exact) mass is 276 g/mol. The number of piperazine rings is 1. The summed E-state index contributed by atoms with van der Waals surface area (Å²) < 4.78 is 20.4. The molecule has 1 N–H and O–H groups in total. The molecule has 1 heterocycles. The molecule has 112 valence electrons. The van der Waals surface area contributed by atoms with E-state index >= 15 is 0 Å². The summed E-state index contributed by atoms with van der Waals surface area (Å²) in [7, 11) is 1.63. The second kappa shape index (κ2) is 11.0. The molecule has 0 aliphatic carbocycles. The number of methoxy groups -OCH3 is 1. The molecule has 0 aromatic carbocycles. The van der Waals surface area contributed by atoms with Gasteiger partial charge in [-0.2, -0.15) is 0 Å². The first-order valence-electron chi connectivity index (χ1n) is 6.61. The van der Waals surface area contributed by atoms with E-state index in [9.17, 15) is 4.79 Å². The first-order valence-corrected chi connectivity index (χ1v) is 6.61. The zero-order valence-corrected chi connectivity index (χ0v) is 11.6. The van der Waals surface area contributed by atoms with E-state index in [4.69, 9.17) is 18.9 Å². The predicted octanol–water partition coefficient (Wildman–Crippen LogP) is -0.292. The summed E-state index contributed by atoms with van der Waals surface area (Å²) in [4.78, 5) is 13.3. The highest BCUT2D eigenvalue weighted by molar-refractivity contribution is 5.67. The van der Waals surface area contributed by atoms with Crippen LogP contribution in [0.15, 0.2) is 0 Å². The number of rotatable bonds is 9. The van der Waals surface area contributed by atoms with Crippen molar-refractivity contribution in [1.82, 2.24) is 10.2 Å². The first kappa shape index (κ1) is 16.2. The molecule has 0 radical (unpaired) electrons. The number of ether oxygens (including phenoxy) is 4. The maximum Gasteiger partial charge on any atom is 0.409 e. The first-order chi connectivity index (χ1) is 9.34. The van der Waals surface area contributed by atoms with E-state index in [1.165, 1.54) is 0 Å². The minimum absolute atomic E-state index is 0.263. The van der Waals surface area contributed by atoms with Crippen LogP contribution in [-0.2, 0) is 18.9 Å². The third-order valence-electron chi connectivity index (χ3n) is 2.63. The quantitative estimate of drug-likeness (QED) is 0.584. The van der Waals surface area contributed by atoms with Crippen LogP contribution in [0.2, 0.25) is 0 Å². The summed E-state index contributed by atoms with van der Waals surface area (Å²) in [6.07, 6.45) is -0.263. The number of nitrogens with one attached hydrogen (secondary N) is 1. The lowest BCUT2D eigenvalue weighted by atomic mass is 10.4. The van der Waals surface area contributed by atoms with Crippen molar-refractivity contribution in [3.05, 3.63) is 0 Å². The van der Waals surface area contributed by atoms with Gasteiger partial charge in [0.2, 0.25) is 0 Å². The van der Waals surface area contributed by atoms with Gasteiger partial charge in [0.1, 0.15) is 6.61 Å². The molecule has 0 spiro atoms. The van der Waals surface area contributed by atoms with Crippen LogP contribution >= 0.6 is 0 Å². The Balaban J connectivity index is 1.86.